The third-order valence-corrected chi connectivity index (χ3v) is 5.89. The number of methoxy groups -OCH3 is 1. The fourth-order valence-electron chi connectivity index (χ4n) is 3.50. The number of hydrogen-bond acceptors (Lipinski definition) is 6. The molecule has 8 heteroatoms. The highest BCUT2D eigenvalue weighted by Crippen LogP contribution is 2.33. The first-order valence-corrected chi connectivity index (χ1v) is 10.8. The molecule has 0 spiro atoms. The Labute approximate surface area is 179 Å². The van der Waals surface area contributed by atoms with Gasteiger partial charge >= 0.3 is 5.97 Å². The van der Waals surface area contributed by atoms with E-state index in [4.69, 9.17) is 4.74 Å². The summed E-state index contributed by atoms with van der Waals surface area (Å²) in [6.45, 7) is 2.21. The Morgan fingerprint density at radius 1 is 1.33 bits per heavy atom. The molecule has 0 aliphatic heterocycles. The van der Waals surface area contributed by atoms with E-state index in [1.165, 1.54) is 7.11 Å². The Hall–Kier alpha value is -3.00. The number of aromatic hydroxyl groups is 1. The van der Waals surface area contributed by atoms with Gasteiger partial charge in [0.15, 0.2) is 0 Å². The second-order valence-corrected chi connectivity index (χ2v) is 7.85. The maximum absolute atomic E-state index is 13.4. The summed E-state index contributed by atoms with van der Waals surface area (Å²) >= 11 is 1.60. The summed E-state index contributed by atoms with van der Waals surface area (Å²) in [7, 11) is 1.31. The van der Waals surface area contributed by atoms with E-state index in [1.54, 1.807) is 41.8 Å². The molecule has 3 rings (SSSR count). The molecule has 0 saturated carbocycles. The molecule has 0 radical (unpaired) electrons. The van der Waals surface area contributed by atoms with Crippen molar-refractivity contribution in [2.75, 3.05) is 13.4 Å². The number of nitrogens with one attached hydrogen (secondary N) is 1. The number of pyridine rings is 1. The van der Waals surface area contributed by atoms with Gasteiger partial charge in [0.1, 0.15) is 5.75 Å². The Morgan fingerprint density at radius 3 is 2.67 bits per heavy atom. The Balaban J connectivity index is 2.05. The highest BCUT2D eigenvalue weighted by Gasteiger charge is 2.26. The van der Waals surface area contributed by atoms with E-state index >= 15 is 0 Å². The van der Waals surface area contributed by atoms with Gasteiger partial charge in [0.25, 0.3) is 5.56 Å². The molecule has 1 unspecified atom stereocenters. The van der Waals surface area contributed by atoms with Gasteiger partial charge in [-0.25, -0.2) is 4.98 Å². The highest BCUT2D eigenvalue weighted by molar-refractivity contribution is 7.98. The molecule has 0 bridgehead atoms. The van der Waals surface area contributed by atoms with Gasteiger partial charge < -0.3 is 19.4 Å². The average molecular weight is 428 g/mol. The third-order valence-electron chi connectivity index (χ3n) is 5.15. The lowest BCUT2D eigenvalue weighted by atomic mass is 9.88. The number of ether oxygens (including phenoxy) is 1. The van der Waals surface area contributed by atoms with Crippen LogP contribution in [0.5, 0.6) is 5.75 Å². The number of rotatable bonds is 8. The van der Waals surface area contributed by atoms with Gasteiger partial charge in [0.2, 0.25) is 0 Å². The SMILES string of the molecule is COC(=O)CC(c1ccc(SC)cc1)c1c(O)cc(C)n(CCc2cnc[nH]2)c1=O. The van der Waals surface area contributed by atoms with Crippen molar-refractivity contribution in [2.45, 2.75) is 37.1 Å². The van der Waals surface area contributed by atoms with Crippen LogP contribution in [-0.2, 0) is 22.5 Å². The molecule has 2 N–H and O–H groups in total. The van der Waals surface area contributed by atoms with Crippen LogP contribution in [-0.4, -0.2) is 39.0 Å². The van der Waals surface area contributed by atoms with Gasteiger partial charge in [-0.15, -0.1) is 11.8 Å². The molecule has 2 heterocycles. The maximum Gasteiger partial charge on any atom is 0.306 e. The number of hydrogen-bond donors (Lipinski definition) is 2. The Kier molecular flexibility index (Phi) is 6.99. The van der Waals surface area contributed by atoms with Crippen LogP contribution in [0, 0.1) is 6.92 Å². The maximum atomic E-state index is 13.4. The largest absolute Gasteiger partial charge is 0.507 e. The first-order chi connectivity index (χ1) is 14.4. The van der Waals surface area contributed by atoms with Crippen molar-refractivity contribution in [3.63, 3.8) is 0 Å². The van der Waals surface area contributed by atoms with Crippen molar-refractivity contribution in [3.05, 3.63) is 75.7 Å². The quantitative estimate of drug-likeness (QED) is 0.423. The molecule has 0 aliphatic carbocycles. The van der Waals surface area contributed by atoms with Crippen LogP contribution < -0.4 is 5.56 Å². The number of esters is 1. The van der Waals surface area contributed by atoms with Crippen LogP contribution in [0.3, 0.4) is 0 Å². The monoisotopic (exact) mass is 427 g/mol. The molecule has 1 aromatic carbocycles. The van der Waals surface area contributed by atoms with Crippen molar-refractivity contribution >= 4 is 17.7 Å². The first-order valence-electron chi connectivity index (χ1n) is 9.56. The van der Waals surface area contributed by atoms with Gasteiger partial charge in [-0.1, -0.05) is 12.1 Å². The number of benzene rings is 1. The predicted molar refractivity (Wildman–Crippen MR) is 116 cm³/mol. The van der Waals surface area contributed by atoms with E-state index in [9.17, 15) is 14.7 Å². The zero-order valence-corrected chi connectivity index (χ0v) is 18.0. The third kappa shape index (κ3) is 4.76. The average Bonchev–Trinajstić information content (AvgIpc) is 3.26. The fourth-order valence-corrected chi connectivity index (χ4v) is 3.91. The minimum Gasteiger partial charge on any atom is -0.507 e. The fraction of sp³-hybridized carbons (Fsp3) is 0.318. The predicted octanol–water partition coefficient (Wildman–Crippen LogP) is 3.25. The van der Waals surface area contributed by atoms with Gasteiger partial charge in [-0.3, -0.25) is 9.59 Å². The lowest BCUT2D eigenvalue weighted by Gasteiger charge is -2.20. The van der Waals surface area contributed by atoms with E-state index < -0.39 is 11.9 Å². The number of imidazole rings is 1. The summed E-state index contributed by atoms with van der Waals surface area (Å²) in [6.07, 6.45) is 5.84. The van der Waals surface area contributed by atoms with Crippen molar-refractivity contribution < 1.29 is 14.6 Å². The van der Waals surface area contributed by atoms with E-state index in [0.717, 1.165) is 16.2 Å². The summed E-state index contributed by atoms with van der Waals surface area (Å²) in [4.78, 5) is 33.6. The minimum absolute atomic E-state index is 0.0402. The summed E-state index contributed by atoms with van der Waals surface area (Å²) in [6, 6.07) is 9.21. The molecular formula is C22H25N3O4S. The van der Waals surface area contributed by atoms with Gasteiger partial charge in [-0.05, 0) is 36.9 Å². The van der Waals surface area contributed by atoms with Crippen molar-refractivity contribution in [2.24, 2.45) is 0 Å². The van der Waals surface area contributed by atoms with E-state index in [2.05, 4.69) is 9.97 Å². The van der Waals surface area contributed by atoms with Gasteiger partial charge in [0, 0.05) is 41.4 Å². The molecule has 30 heavy (non-hydrogen) atoms. The number of aromatic nitrogens is 3. The summed E-state index contributed by atoms with van der Waals surface area (Å²) in [5.74, 6) is -1.17. The normalized spacial score (nSPS) is 12.0. The van der Waals surface area contributed by atoms with Crippen molar-refractivity contribution in [3.8, 4) is 5.75 Å². The Morgan fingerprint density at radius 2 is 2.07 bits per heavy atom. The molecule has 0 amide bonds. The zero-order valence-electron chi connectivity index (χ0n) is 17.2. The van der Waals surface area contributed by atoms with Crippen LogP contribution >= 0.6 is 11.8 Å². The van der Waals surface area contributed by atoms with Crippen molar-refractivity contribution in [1.29, 1.82) is 0 Å². The summed E-state index contributed by atoms with van der Waals surface area (Å²) in [5, 5.41) is 10.7. The van der Waals surface area contributed by atoms with Gasteiger partial charge in [-0.2, -0.15) is 0 Å². The summed E-state index contributed by atoms with van der Waals surface area (Å²) in [5.41, 5.74) is 2.22. The summed E-state index contributed by atoms with van der Waals surface area (Å²) < 4.78 is 6.48. The van der Waals surface area contributed by atoms with Crippen LogP contribution in [0.1, 0.15) is 34.9 Å². The molecular weight excluding hydrogens is 402 g/mol. The van der Waals surface area contributed by atoms with Crippen LogP contribution in [0.4, 0.5) is 0 Å². The standard InChI is InChI=1S/C22H25N3O4S/c1-14-10-19(26)21(22(28)25(14)9-8-16-12-23-13-24-16)18(11-20(27)29-2)15-4-6-17(30-3)7-5-15/h4-7,10,12-13,18,26H,8-9,11H2,1-3H3,(H,23,24). The van der Waals surface area contributed by atoms with E-state index in [0.29, 0.717) is 18.7 Å². The van der Waals surface area contributed by atoms with E-state index in [-0.39, 0.29) is 23.3 Å². The molecule has 0 saturated heterocycles. The second kappa shape index (κ2) is 9.67. The molecule has 7 nitrogen and oxygen atoms in total. The van der Waals surface area contributed by atoms with Crippen LogP contribution in [0.25, 0.3) is 0 Å². The van der Waals surface area contributed by atoms with Crippen molar-refractivity contribution in [1.82, 2.24) is 14.5 Å². The lowest BCUT2D eigenvalue weighted by molar-refractivity contribution is -0.140. The molecule has 158 valence electrons. The van der Waals surface area contributed by atoms with E-state index in [1.807, 2.05) is 30.5 Å². The smallest absolute Gasteiger partial charge is 0.306 e. The zero-order chi connectivity index (χ0) is 21.7. The molecule has 3 aromatic rings. The second-order valence-electron chi connectivity index (χ2n) is 6.97. The lowest BCUT2D eigenvalue weighted by Crippen LogP contribution is -2.29. The molecule has 2 aromatic heterocycles. The minimum atomic E-state index is -0.611. The number of thioether (sulfide) groups is 1. The number of carbonyl (C=O) groups excluding carboxylic acids is 1. The molecule has 0 fully saturated rings. The number of carbonyl (C=O) groups is 1. The van der Waals surface area contributed by atoms with Crippen LogP contribution in [0.15, 0.2) is 52.5 Å². The highest BCUT2D eigenvalue weighted by atomic mass is 32.2. The topological polar surface area (TPSA) is 97.2 Å². The van der Waals surface area contributed by atoms with Crippen LogP contribution in [0.2, 0.25) is 0 Å². The van der Waals surface area contributed by atoms with Gasteiger partial charge in [0.05, 0.1) is 25.4 Å². The first kappa shape index (κ1) is 21.7. The molecule has 0 aliphatic rings. The number of aryl methyl sites for hydroxylation is 2. The number of nitrogens with zero attached hydrogens (tertiary/aromatic N) is 2. The molecule has 1 atom stereocenters. The Bertz CT molecular complexity index is 1060. The number of H-pyrrole nitrogens is 1. The number of aromatic amines is 1.